The number of piperazine rings is 1. The minimum atomic E-state index is -1.58. The monoisotopic (exact) mass is 342 g/mol. The normalized spacial score (nSPS) is 27.2. The molecule has 2 saturated heterocycles. The van der Waals surface area contributed by atoms with Crippen molar-refractivity contribution in [3.8, 4) is 0 Å². The molecule has 0 aliphatic carbocycles. The number of fused-ring (bicyclic) bond motifs is 1. The maximum atomic E-state index is 13.6. The predicted octanol–water partition coefficient (Wildman–Crippen LogP) is 2.91. The fourth-order valence-electron chi connectivity index (χ4n) is 3.73. The van der Waals surface area contributed by atoms with Crippen LogP contribution in [0.3, 0.4) is 0 Å². The Morgan fingerprint density at radius 1 is 1.25 bits per heavy atom. The summed E-state index contributed by atoms with van der Waals surface area (Å²) in [7, 11) is 0. The zero-order valence-corrected chi connectivity index (χ0v) is 13.0. The zero-order valence-electron chi connectivity index (χ0n) is 13.0. The van der Waals surface area contributed by atoms with Crippen LogP contribution in [0, 0.1) is 17.5 Å². The summed E-state index contributed by atoms with van der Waals surface area (Å²) in [5.74, 6) is -4.48. The Morgan fingerprint density at radius 2 is 1.88 bits per heavy atom. The fraction of sp³-hybridized carbons (Fsp3) is 0.500. The van der Waals surface area contributed by atoms with Gasteiger partial charge in [-0.25, -0.2) is 18.0 Å². The van der Waals surface area contributed by atoms with Crippen molar-refractivity contribution in [2.45, 2.75) is 44.3 Å². The molecule has 2 aliphatic heterocycles. The van der Waals surface area contributed by atoms with Crippen LogP contribution in [0.1, 0.15) is 37.8 Å². The van der Waals surface area contributed by atoms with E-state index in [1.54, 1.807) is 6.92 Å². The molecule has 1 N–H and O–H groups in total. The second kappa shape index (κ2) is 5.99. The Hall–Kier alpha value is -2.25. The minimum Gasteiger partial charge on any atom is -0.465 e. The summed E-state index contributed by atoms with van der Waals surface area (Å²) in [5, 5.41) is 9.40. The van der Waals surface area contributed by atoms with Crippen molar-refractivity contribution in [2.24, 2.45) is 0 Å². The summed E-state index contributed by atoms with van der Waals surface area (Å²) < 4.78 is 40.4. The van der Waals surface area contributed by atoms with Crippen molar-refractivity contribution in [1.82, 2.24) is 9.80 Å². The topological polar surface area (TPSA) is 60.9 Å². The number of piperidine rings is 1. The number of carbonyl (C=O) groups is 2. The maximum absolute atomic E-state index is 13.6. The van der Waals surface area contributed by atoms with Crippen molar-refractivity contribution < 1.29 is 27.9 Å². The van der Waals surface area contributed by atoms with Gasteiger partial charge in [0.15, 0.2) is 17.5 Å². The molecule has 0 spiro atoms. The second-order valence-electron chi connectivity index (χ2n) is 6.25. The Balaban J connectivity index is 2.06. The highest BCUT2D eigenvalue weighted by Crippen LogP contribution is 2.38. The lowest BCUT2D eigenvalue weighted by Crippen LogP contribution is -2.63. The van der Waals surface area contributed by atoms with Crippen LogP contribution in [0.5, 0.6) is 0 Å². The Morgan fingerprint density at radius 3 is 2.46 bits per heavy atom. The molecule has 2 aliphatic rings. The fourth-order valence-corrected chi connectivity index (χ4v) is 3.73. The first kappa shape index (κ1) is 16.6. The SMILES string of the molecule is CC1[C@H]2CCCC(=O)N2[C@H](c2cc(F)c(F)c(F)c2)CN1C(=O)O. The number of nitrogens with zero attached hydrogens (tertiary/aromatic N) is 2. The lowest BCUT2D eigenvalue weighted by Gasteiger charge is -2.52. The van der Waals surface area contributed by atoms with Gasteiger partial charge in [-0.3, -0.25) is 4.79 Å². The third-order valence-electron chi connectivity index (χ3n) is 4.93. The number of hydrogen-bond acceptors (Lipinski definition) is 2. The van der Waals surface area contributed by atoms with Gasteiger partial charge in [0, 0.05) is 13.0 Å². The van der Waals surface area contributed by atoms with E-state index in [0.717, 1.165) is 12.1 Å². The number of benzene rings is 1. The molecule has 0 radical (unpaired) electrons. The summed E-state index contributed by atoms with van der Waals surface area (Å²) in [4.78, 5) is 26.6. The van der Waals surface area contributed by atoms with E-state index in [2.05, 4.69) is 0 Å². The number of amides is 2. The van der Waals surface area contributed by atoms with Gasteiger partial charge in [-0.1, -0.05) is 0 Å². The molecule has 130 valence electrons. The molecule has 24 heavy (non-hydrogen) atoms. The highest BCUT2D eigenvalue weighted by atomic mass is 19.2. The van der Waals surface area contributed by atoms with Gasteiger partial charge in [0.1, 0.15) is 0 Å². The second-order valence-corrected chi connectivity index (χ2v) is 6.25. The van der Waals surface area contributed by atoms with E-state index in [1.165, 1.54) is 9.80 Å². The Labute approximate surface area is 136 Å². The van der Waals surface area contributed by atoms with Crippen LogP contribution in [-0.4, -0.2) is 45.5 Å². The van der Waals surface area contributed by atoms with Gasteiger partial charge >= 0.3 is 6.09 Å². The van der Waals surface area contributed by atoms with Crippen molar-refractivity contribution in [3.05, 3.63) is 35.1 Å². The van der Waals surface area contributed by atoms with Gasteiger partial charge in [0.25, 0.3) is 0 Å². The zero-order chi connectivity index (χ0) is 17.6. The third kappa shape index (κ3) is 2.59. The highest BCUT2D eigenvalue weighted by Gasteiger charge is 2.46. The summed E-state index contributed by atoms with van der Waals surface area (Å²) in [5.41, 5.74) is 0.0600. The molecule has 3 atom stereocenters. The van der Waals surface area contributed by atoms with Crippen LogP contribution < -0.4 is 0 Å². The first-order valence-corrected chi connectivity index (χ1v) is 7.76. The van der Waals surface area contributed by atoms with Crippen LogP contribution in [0.4, 0.5) is 18.0 Å². The lowest BCUT2D eigenvalue weighted by atomic mass is 9.87. The van der Waals surface area contributed by atoms with Gasteiger partial charge in [-0.05, 0) is 37.5 Å². The largest absolute Gasteiger partial charge is 0.465 e. The van der Waals surface area contributed by atoms with Crippen LogP contribution in [0.2, 0.25) is 0 Å². The van der Waals surface area contributed by atoms with Crippen LogP contribution in [0.15, 0.2) is 12.1 Å². The quantitative estimate of drug-likeness (QED) is 0.799. The molecule has 3 rings (SSSR count). The van der Waals surface area contributed by atoms with Gasteiger partial charge in [0.2, 0.25) is 5.91 Å². The van der Waals surface area contributed by atoms with Crippen LogP contribution in [-0.2, 0) is 4.79 Å². The molecule has 1 aromatic rings. The van der Waals surface area contributed by atoms with Crippen molar-refractivity contribution >= 4 is 12.0 Å². The first-order chi connectivity index (χ1) is 11.3. The third-order valence-corrected chi connectivity index (χ3v) is 4.93. The standard InChI is InChI=1S/C16H17F3N2O3/c1-8-12-3-2-4-14(22)21(12)13(7-20(8)16(23)24)9-5-10(17)15(19)11(18)6-9/h5-6,8,12-13H,2-4,7H2,1H3,(H,23,24)/t8?,12-,13+/m1/s1. The van der Waals surface area contributed by atoms with Gasteiger partial charge in [-0.15, -0.1) is 0 Å². The smallest absolute Gasteiger partial charge is 0.407 e. The van der Waals surface area contributed by atoms with E-state index in [-0.39, 0.29) is 24.1 Å². The summed E-state index contributed by atoms with van der Waals surface area (Å²) in [6.07, 6.45) is 0.392. The van der Waals surface area contributed by atoms with Crippen molar-refractivity contribution in [2.75, 3.05) is 6.54 Å². The average molecular weight is 342 g/mol. The van der Waals surface area contributed by atoms with Crippen molar-refractivity contribution in [1.29, 1.82) is 0 Å². The number of halogens is 3. The van der Waals surface area contributed by atoms with Gasteiger partial charge < -0.3 is 14.9 Å². The lowest BCUT2D eigenvalue weighted by molar-refractivity contribution is -0.146. The Bertz CT molecular complexity index is 674. The number of carboxylic acid groups (broad SMARTS) is 1. The van der Waals surface area contributed by atoms with E-state index in [9.17, 15) is 27.9 Å². The molecule has 0 aromatic heterocycles. The van der Waals surface area contributed by atoms with E-state index in [4.69, 9.17) is 0 Å². The molecule has 8 heteroatoms. The summed E-state index contributed by atoms with van der Waals surface area (Å²) in [6, 6.07) is 0.0472. The summed E-state index contributed by atoms with van der Waals surface area (Å²) in [6.45, 7) is 1.61. The summed E-state index contributed by atoms with van der Waals surface area (Å²) >= 11 is 0. The molecule has 0 bridgehead atoms. The Kier molecular flexibility index (Phi) is 4.15. The molecule has 1 aromatic carbocycles. The molecule has 2 fully saturated rings. The maximum Gasteiger partial charge on any atom is 0.407 e. The molecular weight excluding hydrogens is 325 g/mol. The van der Waals surface area contributed by atoms with E-state index in [1.807, 2.05) is 0 Å². The molecule has 0 saturated carbocycles. The number of rotatable bonds is 1. The molecule has 2 heterocycles. The molecular formula is C16H17F3N2O3. The van der Waals surface area contributed by atoms with Crippen molar-refractivity contribution in [3.63, 3.8) is 0 Å². The highest BCUT2D eigenvalue weighted by molar-refractivity contribution is 5.79. The van der Waals surface area contributed by atoms with Gasteiger partial charge in [0.05, 0.1) is 18.1 Å². The number of hydrogen-bond donors (Lipinski definition) is 1. The van der Waals surface area contributed by atoms with E-state index in [0.29, 0.717) is 19.3 Å². The van der Waals surface area contributed by atoms with Gasteiger partial charge in [-0.2, -0.15) is 0 Å². The molecule has 2 amide bonds. The number of carbonyl (C=O) groups excluding carboxylic acids is 1. The average Bonchev–Trinajstić information content (AvgIpc) is 2.53. The van der Waals surface area contributed by atoms with Crippen LogP contribution >= 0.6 is 0 Å². The van der Waals surface area contributed by atoms with E-state index < -0.39 is 35.6 Å². The first-order valence-electron chi connectivity index (χ1n) is 7.76. The van der Waals surface area contributed by atoms with E-state index >= 15 is 0 Å². The minimum absolute atomic E-state index is 0.0600. The van der Waals surface area contributed by atoms with Crippen LogP contribution in [0.25, 0.3) is 0 Å². The molecule has 1 unspecified atom stereocenters. The predicted molar refractivity (Wildman–Crippen MR) is 77.7 cm³/mol. The molecule has 5 nitrogen and oxygen atoms in total.